The average molecular weight is 616 g/mol. The maximum absolute atomic E-state index is 15.0. The quantitative estimate of drug-likeness (QED) is 0.336. The van der Waals surface area contributed by atoms with Gasteiger partial charge in [0.15, 0.2) is 0 Å². The van der Waals surface area contributed by atoms with Crippen molar-refractivity contribution in [3.05, 3.63) is 85.5 Å². The summed E-state index contributed by atoms with van der Waals surface area (Å²) in [6.45, 7) is 14.3. The van der Waals surface area contributed by atoms with Gasteiger partial charge >= 0.3 is 0 Å². The largest absolute Gasteiger partial charge is 0.497 e. The molecule has 3 saturated heterocycles. The summed E-state index contributed by atoms with van der Waals surface area (Å²) < 4.78 is 12.3. The predicted molar refractivity (Wildman–Crippen MR) is 172 cm³/mol. The van der Waals surface area contributed by atoms with Crippen LogP contribution >= 0.6 is 0 Å². The average Bonchev–Trinajstić information content (AvgIpc) is 3.56. The molecule has 1 spiro atoms. The molecule has 0 aliphatic carbocycles. The molecule has 0 radical (unpaired) electrons. The third-order valence-electron chi connectivity index (χ3n) is 10.1. The molecule has 3 amide bonds. The minimum Gasteiger partial charge on any atom is -0.497 e. The van der Waals surface area contributed by atoms with Gasteiger partial charge in [0.05, 0.1) is 37.2 Å². The Hall–Kier alpha value is -3.95. The molecule has 3 aliphatic heterocycles. The molecule has 9 heteroatoms. The molecule has 7 atom stereocenters. The first kappa shape index (κ1) is 32.4. The van der Waals surface area contributed by atoms with Crippen LogP contribution in [0.4, 0.5) is 5.69 Å². The number of hydrogen-bond acceptors (Lipinski definition) is 6. The van der Waals surface area contributed by atoms with E-state index >= 15 is 4.79 Å². The summed E-state index contributed by atoms with van der Waals surface area (Å²) in [6, 6.07) is 14.4. The lowest BCUT2D eigenvalue weighted by atomic mass is 9.62. The highest BCUT2D eigenvalue weighted by Crippen LogP contribution is 2.66. The van der Waals surface area contributed by atoms with Crippen LogP contribution in [0.15, 0.2) is 79.9 Å². The number of rotatable bonds is 13. The number of likely N-dealkylation sites (tertiary alicyclic amines) is 1. The Kier molecular flexibility index (Phi) is 9.23. The molecule has 3 unspecified atom stereocenters. The first-order valence-electron chi connectivity index (χ1n) is 15.8. The highest BCUT2D eigenvalue weighted by Gasteiger charge is 2.80. The minimum atomic E-state index is -1.27. The molecule has 45 heavy (non-hydrogen) atoms. The molecule has 3 heterocycles. The van der Waals surface area contributed by atoms with E-state index in [1.807, 2.05) is 51.1 Å². The molecule has 9 nitrogen and oxygen atoms in total. The fourth-order valence-electron chi connectivity index (χ4n) is 7.97. The Bertz CT molecular complexity index is 1430. The smallest absolute Gasteiger partial charge is 0.253 e. The Balaban J connectivity index is 1.68. The third kappa shape index (κ3) is 5.16. The number of nitrogens with zero attached hydrogens (tertiary/aromatic N) is 3. The van der Waals surface area contributed by atoms with E-state index in [2.05, 4.69) is 13.2 Å². The molecule has 240 valence electrons. The molecular weight excluding hydrogens is 570 g/mol. The number of fused-ring (bicyclic) bond motifs is 1. The number of benzene rings is 2. The lowest BCUT2D eigenvalue weighted by molar-refractivity contribution is -0.153. The zero-order valence-corrected chi connectivity index (χ0v) is 26.7. The summed E-state index contributed by atoms with van der Waals surface area (Å²) in [4.78, 5) is 49.2. The molecule has 5 rings (SSSR count). The summed E-state index contributed by atoms with van der Waals surface area (Å²) in [5, 5.41) is 10.8. The summed E-state index contributed by atoms with van der Waals surface area (Å²) in [5.74, 6) is -2.05. The second kappa shape index (κ2) is 12.8. The van der Waals surface area contributed by atoms with E-state index in [1.54, 1.807) is 53.3 Å². The molecule has 0 saturated carbocycles. The highest BCUT2D eigenvalue weighted by molar-refractivity contribution is 6.05. The number of ether oxygens (including phenoxy) is 2. The van der Waals surface area contributed by atoms with Crippen molar-refractivity contribution in [1.29, 1.82) is 0 Å². The molecular formula is C36H45N3O6. The van der Waals surface area contributed by atoms with Crippen molar-refractivity contribution in [2.45, 2.75) is 56.9 Å². The molecule has 3 fully saturated rings. The van der Waals surface area contributed by atoms with Crippen LogP contribution in [0.3, 0.4) is 0 Å². The number of hydrogen-bond donors (Lipinski definition) is 1. The maximum atomic E-state index is 15.0. The zero-order chi connectivity index (χ0) is 32.5. The van der Waals surface area contributed by atoms with Crippen LogP contribution in [0, 0.1) is 17.8 Å². The van der Waals surface area contributed by atoms with Crippen LogP contribution in [-0.4, -0.2) is 83.2 Å². The highest BCUT2D eigenvalue weighted by atomic mass is 16.5. The Morgan fingerprint density at radius 3 is 2.36 bits per heavy atom. The van der Waals surface area contributed by atoms with Crippen molar-refractivity contribution in [3.63, 3.8) is 0 Å². The predicted octanol–water partition coefficient (Wildman–Crippen LogP) is 4.38. The fraction of sp³-hybridized carbons (Fsp3) is 0.472. The second-order valence-electron chi connectivity index (χ2n) is 12.6. The number of carbonyl (C=O) groups is 3. The van der Waals surface area contributed by atoms with Gasteiger partial charge in [-0.2, -0.15) is 0 Å². The van der Waals surface area contributed by atoms with E-state index in [0.717, 1.165) is 6.42 Å². The van der Waals surface area contributed by atoms with Gasteiger partial charge in [-0.15, -0.1) is 13.2 Å². The number of carbonyl (C=O) groups excluding carboxylic acids is 3. The van der Waals surface area contributed by atoms with Crippen LogP contribution < -0.4 is 9.64 Å². The molecule has 3 aliphatic rings. The van der Waals surface area contributed by atoms with Gasteiger partial charge in [0.2, 0.25) is 11.8 Å². The zero-order valence-electron chi connectivity index (χ0n) is 26.7. The molecule has 1 N–H and O–H groups in total. The Labute approximate surface area is 266 Å². The summed E-state index contributed by atoms with van der Waals surface area (Å²) >= 11 is 0. The third-order valence-corrected chi connectivity index (χ3v) is 10.1. The van der Waals surface area contributed by atoms with E-state index in [1.165, 1.54) is 4.90 Å². The summed E-state index contributed by atoms with van der Waals surface area (Å²) in [6.07, 6.45) is 4.50. The van der Waals surface area contributed by atoms with Gasteiger partial charge in [0, 0.05) is 25.3 Å². The molecule has 2 bridgehead atoms. The SMILES string of the molecule is C=CCN(CCC)C(=O)[C@@H]1[C@H]2C(=O)N([C@H](CO)c3ccccc3)C(C(=O)N(CC=C)c3ccc(OC)cc3)C23CC(C)[C@@]1(C)O3. The minimum absolute atomic E-state index is 0.115. The normalized spacial score (nSPS) is 28.8. The molecule has 2 aromatic carbocycles. The molecule has 0 aromatic heterocycles. The van der Waals surface area contributed by atoms with E-state index in [-0.39, 0.29) is 30.2 Å². The Morgan fingerprint density at radius 2 is 1.78 bits per heavy atom. The Morgan fingerprint density at radius 1 is 1.11 bits per heavy atom. The van der Waals surface area contributed by atoms with Crippen molar-refractivity contribution >= 4 is 23.4 Å². The maximum Gasteiger partial charge on any atom is 0.253 e. The van der Waals surface area contributed by atoms with Gasteiger partial charge in [0.25, 0.3) is 5.91 Å². The number of aliphatic hydroxyl groups excluding tert-OH is 1. The lowest BCUT2D eigenvalue weighted by Gasteiger charge is -2.39. The van der Waals surface area contributed by atoms with Crippen LogP contribution in [0.2, 0.25) is 0 Å². The van der Waals surface area contributed by atoms with Gasteiger partial charge in [-0.05, 0) is 55.5 Å². The van der Waals surface area contributed by atoms with Crippen LogP contribution in [-0.2, 0) is 19.1 Å². The standard InChI is InChI=1S/C36H45N3O6/c1-7-19-37(20-8-2)32(41)29-30-33(42)39(28(23-40)25-13-11-10-12-14-25)31(36(30)22-24(4)35(29,5)45-36)34(43)38(21-9-3)26-15-17-27(44-6)18-16-26/h7,9-18,24,28-31,40H,1,3,8,19-23H2,2,4-6H3/t24?,28-,29+,30+,31?,35-,36?/m1/s1. The first-order valence-corrected chi connectivity index (χ1v) is 15.8. The number of methoxy groups -OCH3 is 1. The van der Waals surface area contributed by atoms with Crippen molar-refractivity contribution in [2.75, 3.05) is 38.3 Å². The number of aliphatic hydroxyl groups is 1. The summed E-state index contributed by atoms with van der Waals surface area (Å²) in [5.41, 5.74) is -0.936. The van der Waals surface area contributed by atoms with Crippen LogP contribution in [0.25, 0.3) is 0 Å². The van der Waals surface area contributed by atoms with Crippen molar-refractivity contribution in [2.24, 2.45) is 17.8 Å². The van der Waals surface area contributed by atoms with Gasteiger partial charge in [-0.3, -0.25) is 14.4 Å². The van der Waals surface area contributed by atoms with Gasteiger partial charge in [-0.1, -0.05) is 56.3 Å². The summed E-state index contributed by atoms with van der Waals surface area (Å²) in [7, 11) is 1.58. The van der Waals surface area contributed by atoms with Crippen LogP contribution in [0.1, 0.15) is 45.2 Å². The lowest BCUT2D eigenvalue weighted by Crippen LogP contribution is -2.57. The fourth-order valence-corrected chi connectivity index (χ4v) is 7.97. The monoisotopic (exact) mass is 615 g/mol. The van der Waals surface area contributed by atoms with E-state index in [0.29, 0.717) is 36.5 Å². The topological polar surface area (TPSA) is 99.6 Å². The van der Waals surface area contributed by atoms with Crippen molar-refractivity contribution < 1.29 is 29.0 Å². The molecule has 2 aromatic rings. The van der Waals surface area contributed by atoms with Gasteiger partial charge in [-0.25, -0.2) is 0 Å². The first-order chi connectivity index (χ1) is 21.6. The van der Waals surface area contributed by atoms with Gasteiger partial charge in [0.1, 0.15) is 17.4 Å². The van der Waals surface area contributed by atoms with Crippen molar-refractivity contribution in [1.82, 2.24) is 9.80 Å². The van der Waals surface area contributed by atoms with Crippen LogP contribution in [0.5, 0.6) is 5.75 Å². The van der Waals surface area contributed by atoms with E-state index in [9.17, 15) is 14.7 Å². The van der Waals surface area contributed by atoms with Crippen molar-refractivity contribution in [3.8, 4) is 5.75 Å². The van der Waals surface area contributed by atoms with E-state index in [4.69, 9.17) is 9.47 Å². The number of anilines is 1. The second-order valence-corrected chi connectivity index (χ2v) is 12.6. The van der Waals surface area contributed by atoms with Gasteiger partial charge < -0.3 is 29.3 Å². The van der Waals surface area contributed by atoms with E-state index < -0.39 is 41.7 Å². The number of amides is 3.